The third-order valence-electron chi connectivity index (χ3n) is 4.02. The van der Waals surface area contributed by atoms with Crippen LogP contribution in [-0.4, -0.2) is 22.6 Å². The van der Waals surface area contributed by atoms with Gasteiger partial charge in [-0.3, -0.25) is 0 Å². The highest BCUT2D eigenvalue weighted by Crippen LogP contribution is 2.32. The number of fused-ring (bicyclic) bond motifs is 1. The first-order valence-electron chi connectivity index (χ1n) is 7.69. The number of nitrogens with one attached hydrogen (secondary N) is 2. The molecule has 3 aromatic rings. The van der Waals surface area contributed by atoms with Crippen molar-refractivity contribution >= 4 is 34.2 Å². The lowest BCUT2D eigenvalue weighted by Crippen LogP contribution is -2.12. The molecule has 0 amide bonds. The van der Waals surface area contributed by atoms with E-state index in [0.717, 1.165) is 28.6 Å². The Kier molecular flexibility index (Phi) is 4.82. The van der Waals surface area contributed by atoms with E-state index < -0.39 is 23.3 Å². The molecule has 0 atom stereocenters. The molecular weight excluding hydrogens is 369 g/mol. The predicted octanol–water partition coefficient (Wildman–Crippen LogP) is 5.19. The van der Waals surface area contributed by atoms with Gasteiger partial charge in [-0.15, -0.1) is 0 Å². The van der Waals surface area contributed by atoms with E-state index >= 15 is 0 Å². The number of hydrogen-bond acceptors (Lipinski definition) is 2. The monoisotopic (exact) mass is 382 g/mol. The molecule has 3 N–H and O–H groups in total. The van der Waals surface area contributed by atoms with Crippen LogP contribution in [0.3, 0.4) is 0 Å². The second kappa shape index (κ2) is 6.92. The molecular formula is C18H14ClF3N2O2. The zero-order chi connectivity index (χ0) is 18.9. The number of rotatable bonds is 5. The molecule has 26 heavy (non-hydrogen) atoms. The first-order valence-corrected chi connectivity index (χ1v) is 8.07. The molecule has 0 radical (unpaired) electrons. The van der Waals surface area contributed by atoms with Crippen molar-refractivity contribution < 1.29 is 23.1 Å². The lowest BCUT2D eigenvalue weighted by atomic mass is 10.1. The molecule has 0 bridgehead atoms. The normalized spacial score (nSPS) is 11.7. The molecule has 0 spiro atoms. The van der Waals surface area contributed by atoms with Gasteiger partial charge in [-0.1, -0.05) is 17.7 Å². The summed E-state index contributed by atoms with van der Waals surface area (Å²) in [5.41, 5.74) is 0.620. The predicted molar refractivity (Wildman–Crippen MR) is 93.9 cm³/mol. The number of H-pyrrole nitrogens is 1. The van der Waals surface area contributed by atoms with Crippen LogP contribution in [0.2, 0.25) is 5.02 Å². The fraction of sp³-hybridized carbons (Fsp3) is 0.167. The van der Waals surface area contributed by atoms with Crippen molar-refractivity contribution in [2.45, 2.75) is 12.6 Å². The number of carboxylic acid groups (broad SMARTS) is 1. The van der Waals surface area contributed by atoms with Crippen molar-refractivity contribution in [2.75, 3.05) is 11.9 Å². The van der Waals surface area contributed by atoms with E-state index in [0.29, 0.717) is 24.1 Å². The Balaban J connectivity index is 1.75. The number of hydrogen-bond donors (Lipinski definition) is 3. The summed E-state index contributed by atoms with van der Waals surface area (Å²) >= 11 is 5.94. The first kappa shape index (κ1) is 18.1. The van der Waals surface area contributed by atoms with Gasteiger partial charge in [0.05, 0.1) is 11.1 Å². The van der Waals surface area contributed by atoms with E-state index in [4.69, 9.17) is 11.6 Å². The minimum Gasteiger partial charge on any atom is -0.478 e. The van der Waals surface area contributed by atoms with Crippen molar-refractivity contribution in [3.05, 3.63) is 64.3 Å². The Morgan fingerprint density at radius 3 is 2.65 bits per heavy atom. The van der Waals surface area contributed by atoms with Crippen LogP contribution in [0.1, 0.15) is 21.5 Å². The Morgan fingerprint density at radius 2 is 1.96 bits per heavy atom. The van der Waals surface area contributed by atoms with Gasteiger partial charge in [0.15, 0.2) is 0 Å². The number of halogens is 4. The van der Waals surface area contributed by atoms with E-state index in [-0.39, 0.29) is 5.69 Å². The zero-order valence-electron chi connectivity index (χ0n) is 13.3. The summed E-state index contributed by atoms with van der Waals surface area (Å²) in [7, 11) is 0. The number of alkyl halides is 3. The third-order valence-corrected chi connectivity index (χ3v) is 4.25. The number of aromatic nitrogens is 1. The second-order valence-corrected chi connectivity index (χ2v) is 6.18. The van der Waals surface area contributed by atoms with E-state index in [2.05, 4.69) is 10.3 Å². The zero-order valence-corrected chi connectivity index (χ0v) is 14.1. The van der Waals surface area contributed by atoms with Gasteiger partial charge >= 0.3 is 12.1 Å². The molecule has 0 unspecified atom stereocenters. The highest BCUT2D eigenvalue weighted by Gasteiger charge is 2.31. The van der Waals surface area contributed by atoms with Crippen molar-refractivity contribution in [1.29, 1.82) is 0 Å². The number of aromatic carboxylic acids is 1. The van der Waals surface area contributed by atoms with Gasteiger partial charge in [-0.2, -0.15) is 13.2 Å². The molecule has 3 rings (SSSR count). The van der Waals surface area contributed by atoms with Crippen molar-refractivity contribution in [1.82, 2.24) is 4.98 Å². The highest BCUT2D eigenvalue weighted by atomic mass is 35.5. The summed E-state index contributed by atoms with van der Waals surface area (Å²) in [4.78, 5) is 14.4. The van der Waals surface area contributed by atoms with Crippen LogP contribution in [0.5, 0.6) is 0 Å². The smallest absolute Gasteiger partial charge is 0.416 e. The van der Waals surface area contributed by atoms with Crippen LogP contribution in [0.15, 0.2) is 42.6 Å². The Labute approximate surface area is 151 Å². The molecule has 4 nitrogen and oxygen atoms in total. The van der Waals surface area contributed by atoms with E-state index in [9.17, 15) is 23.1 Å². The average molecular weight is 383 g/mol. The van der Waals surface area contributed by atoms with E-state index in [1.807, 2.05) is 12.3 Å². The topological polar surface area (TPSA) is 65.1 Å². The molecule has 8 heteroatoms. The van der Waals surface area contributed by atoms with Gasteiger partial charge < -0.3 is 15.4 Å². The summed E-state index contributed by atoms with van der Waals surface area (Å²) < 4.78 is 38.3. The largest absolute Gasteiger partial charge is 0.478 e. The Hall–Kier alpha value is -2.67. The quantitative estimate of drug-likeness (QED) is 0.568. The molecule has 0 aliphatic rings. The number of aromatic amines is 1. The van der Waals surface area contributed by atoms with Gasteiger partial charge in [0.25, 0.3) is 0 Å². The maximum absolute atomic E-state index is 12.8. The van der Waals surface area contributed by atoms with E-state index in [1.54, 1.807) is 12.1 Å². The van der Waals surface area contributed by atoms with Gasteiger partial charge in [-0.25, -0.2) is 4.79 Å². The number of anilines is 1. The first-order chi connectivity index (χ1) is 12.3. The van der Waals surface area contributed by atoms with Gasteiger partial charge in [0, 0.05) is 34.4 Å². The second-order valence-electron chi connectivity index (χ2n) is 5.74. The molecule has 136 valence electrons. The lowest BCUT2D eigenvalue weighted by molar-refractivity contribution is -0.137. The number of carboxylic acids is 1. The average Bonchev–Trinajstić information content (AvgIpc) is 2.96. The van der Waals surface area contributed by atoms with Crippen molar-refractivity contribution in [2.24, 2.45) is 0 Å². The maximum atomic E-state index is 12.8. The van der Waals surface area contributed by atoms with E-state index in [1.165, 1.54) is 0 Å². The molecule has 2 aromatic carbocycles. The standard InChI is InChI=1S/C18H14ClF3N2O2/c19-12-2-3-13-10(9-24-16(13)8-12)5-6-23-15-4-1-11(18(20,21)22)7-14(15)17(25)26/h1-4,7-9,23-24H,5-6H2,(H,25,26). The summed E-state index contributed by atoms with van der Waals surface area (Å²) in [5, 5.41) is 13.7. The van der Waals surface area contributed by atoms with Crippen LogP contribution in [0.25, 0.3) is 10.9 Å². The minimum atomic E-state index is -4.59. The maximum Gasteiger partial charge on any atom is 0.416 e. The van der Waals surface area contributed by atoms with Crippen molar-refractivity contribution in [3.8, 4) is 0 Å². The van der Waals surface area contributed by atoms with Crippen LogP contribution in [0.4, 0.5) is 18.9 Å². The third kappa shape index (κ3) is 3.77. The molecule has 1 heterocycles. The van der Waals surface area contributed by atoms with Crippen LogP contribution < -0.4 is 5.32 Å². The van der Waals surface area contributed by atoms with Gasteiger partial charge in [0.1, 0.15) is 0 Å². The SMILES string of the molecule is O=C(O)c1cc(C(F)(F)F)ccc1NCCc1c[nH]c2cc(Cl)ccc12. The number of benzene rings is 2. The molecule has 0 saturated heterocycles. The molecule has 0 aliphatic carbocycles. The van der Waals surface area contributed by atoms with Crippen LogP contribution in [-0.2, 0) is 12.6 Å². The Bertz CT molecular complexity index is 967. The highest BCUT2D eigenvalue weighted by molar-refractivity contribution is 6.31. The summed E-state index contributed by atoms with van der Waals surface area (Å²) in [5.74, 6) is -1.42. The van der Waals surface area contributed by atoms with Crippen LogP contribution in [0, 0.1) is 0 Å². The molecule has 0 fully saturated rings. The molecule has 0 aliphatic heterocycles. The summed E-state index contributed by atoms with van der Waals surface area (Å²) in [6.07, 6.45) is -2.21. The van der Waals surface area contributed by atoms with Crippen molar-refractivity contribution in [3.63, 3.8) is 0 Å². The number of carbonyl (C=O) groups is 1. The summed E-state index contributed by atoms with van der Waals surface area (Å²) in [6, 6.07) is 8.09. The van der Waals surface area contributed by atoms with Gasteiger partial charge in [-0.05, 0) is 42.3 Å². The lowest BCUT2D eigenvalue weighted by Gasteiger charge is -2.13. The molecule has 1 aromatic heterocycles. The fourth-order valence-corrected chi connectivity index (χ4v) is 2.92. The fourth-order valence-electron chi connectivity index (χ4n) is 2.75. The van der Waals surface area contributed by atoms with Crippen LogP contribution >= 0.6 is 11.6 Å². The van der Waals surface area contributed by atoms with Gasteiger partial charge in [0.2, 0.25) is 0 Å². The minimum absolute atomic E-state index is 0.147. The summed E-state index contributed by atoms with van der Waals surface area (Å²) in [6.45, 7) is 0.362. The molecule has 0 saturated carbocycles. The Morgan fingerprint density at radius 1 is 1.19 bits per heavy atom.